The number of nitrogens with two attached hydrogens (primary N) is 4. The predicted molar refractivity (Wildman–Crippen MR) is 563 cm³/mol. The number of fused-ring (bicyclic) bond motifs is 4. The molecule has 12 amide bonds. The summed E-state index contributed by atoms with van der Waals surface area (Å²) in [6.45, 7) is 12.4. The highest BCUT2D eigenvalue weighted by atomic mass is 16.5. The van der Waals surface area contributed by atoms with Gasteiger partial charge in [-0.3, -0.25) is 57.5 Å². The number of methoxy groups -OCH3 is 1. The molecule has 4 fully saturated rings. The van der Waals surface area contributed by atoms with Gasteiger partial charge in [0.05, 0.1) is 92.3 Å². The Labute approximate surface area is 871 Å². The minimum atomic E-state index is -1.57. The number of carbonyl (C=O) groups is 12. The van der Waals surface area contributed by atoms with E-state index in [0.29, 0.717) is 90.8 Å². The van der Waals surface area contributed by atoms with Crippen molar-refractivity contribution in [1.82, 2.24) is 60.9 Å². The molecule has 9 atom stereocenters. The maximum Gasteiger partial charge on any atom is 0.256 e. The molecule has 0 saturated carbocycles. The van der Waals surface area contributed by atoms with Gasteiger partial charge in [-0.2, -0.15) is 20.4 Å². The highest BCUT2D eigenvalue weighted by Crippen LogP contribution is 2.43. The van der Waals surface area contributed by atoms with E-state index < -0.39 is 111 Å². The number of hydrogen-bond acceptors (Lipinski definition) is 28. The number of piperidine rings is 4. The summed E-state index contributed by atoms with van der Waals surface area (Å²) in [5.74, 6) is -4.14. The number of benzene rings is 7. The molecular weight excluding hydrogens is 1910 g/mol. The molecule has 40 heteroatoms. The van der Waals surface area contributed by atoms with Gasteiger partial charge in [-0.15, -0.1) is 0 Å². The summed E-state index contributed by atoms with van der Waals surface area (Å²) in [4.78, 5) is 165. The molecule has 7 aromatic carbocycles. The molecular formula is C109H148N20O20. The number of nitrogens with one attached hydrogen (secondary N) is 4. The third kappa shape index (κ3) is 30.6. The third-order valence-corrected chi connectivity index (χ3v) is 26.5. The van der Waals surface area contributed by atoms with Crippen LogP contribution >= 0.6 is 0 Å². The van der Waals surface area contributed by atoms with Gasteiger partial charge in [-0.25, -0.2) is 20.0 Å². The Morgan fingerprint density at radius 2 is 0.517 bits per heavy atom. The number of likely N-dealkylation sites (tertiary alicyclic amines) is 4. The Morgan fingerprint density at radius 1 is 0.329 bits per heavy atom. The van der Waals surface area contributed by atoms with E-state index in [1.54, 1.807) is 84.8 Å². The highest BCUT2D eigenvalue weighted by Gasteiger charge is 2.59. The van der Waals surface area contributed by atoms with Crippen LogP contribution in [0.15, 0.2) is 233 Å². The van der Waals surface area contributed by atoms with Crippen molar-refractivity contribution in [2.45, 2.75) is 166 Å². The summed E-state index contributed by atoms with van der Waals surface area (Å²) >= 11 is 0. The monoisotopic (exact) mass is 2060 g/mol. The van der Waals surface area contributed by atoms with Crippen molar-refractivity contribution in [3.8, 4) is 0 Å². The molecule has 16 N–H and O–H groups in total. The van der Waals surface area contributed by atoms with E-state index in [1.165, 1.54) is 45.7 Å². The number of ether oxygens (including phenoxy) is 4. The van der Waals surface area contributed by atoms with Crippen LogP contribution in [0.4, 0.5) is 0 Å². The molecule has 8 aliphatic rings. The van der Waals surface area contributed by atoms with E-state index in [2.05, 4.69) is 46.4 Å². The van der Waals surface area contributed by atoms with E-state index in [4.69, 9.17) is 47.4 Å². The molecule has 0 aromatic heterocycles. The molecule has 8 aliphatic heterocycles. The number of amides is 12. The Bertz CT molecular complexity index is 5620. The molecule has 804 valence electrons. The standard InChI is InChI=1S/C28H35N5O5.2C28H35N5O4.C21H29N5O4.C2H6O.2CH4O/c1-27(29,19-34)25(36)30-22(17-38-16-21-11-7-4-8-12-21)24(35)33-14-13-23-28(18-33,26(37)32(2)31-23)15-20-9-5-3-6-10-20;2*1-27(2,29)25(35)30-22(18-37-17-21-12-8-5-9-13-21)24(34)33-15-14-23-28(19-33,26(36)32(3)31-23)16-20-10-6-4-7-11-20;1-20(2,22)18(29)23-15(12-27)17(28)26-10-9-16-21(13-26,19(30)25(3)24-16)11-14-7-5-4-6-8-14;1-3-2;2*1-2/h3-12,22,34H,13-19,29H2,1-2H3,(H,30,36);2*4-13,22H,14-19,29H2,1-3H3,(H,30,35);4-8,15,27H,9-13,22H2,1-3H3,(H,23,29);1-2H3;2*2H,1H3. The minimum absolute atomic E-state index is 0.0213. The van der Waals surface area contributed by atoms with Gasteiger partial charge in [0.25, 0.3) is 23.6 Å². The molecule has 149 heavy (non-hydrogen) atoms. The number of carbonyl (C=O) groups excluding carboxylic acids is 12. The Morgan fingerprint density at radius 3 is 0.711 bits per heavy atom. The van der Waals surface area contributed by atoms with Gasteiger partial charge in [-0.1, -0.05) is 212 Å². The van der Waals surface area contributed by atoms with Crippen LogP contribution in [0.3, 0.4) is 0 Å². The number of hydrazone groups is 4. The highest BCUT2D eigenvalue weighted by molar-refractivity contribution is 6.17. The van der Waals surface area contributed by atoms with Crippen molar-refractivity contribution in [3.63, 3.8) is 0 Å². The van der Waals surface area contributed by atoms with Crippen molar-refractivity contribution >= 4 is 93.7 Å². The van der Waals surface area contributed by atoms with E-state index in [-0.39, 0.29) is 94.0 Å². The predicted octanol–water partition coefficient (Wildman–Crippen LogP) is 3.09. The molecule has 7 aromatic rings. The van der Waals surface area contributed by atoms with Gasteiger partial charge in [0.1, 0.15) is 51.4 Å². The Kier molecular flexibility index (Phi) is 43.1. The van der Waals surface area contributed by atoms with Gasteiger partial charge >= 0.3 is 0 Å². The average Bonchev–Trinajstić information content (AvgIpc) is 1.61. The lowest BCUT2D eigenvalue weighted by atomic mass is 9.73. The molecule has 0 aliphatic carbocycles. The lowest BCUT2D eigenvalue weighted by molar-refractivity contribution is -0.144. The summed E-state index contributed by atoms with van der Waals surface area (Å²) in [5, 5.41) is 67.4. The van der Waals surface area contributed by atoms with Gasteiger partial charge in [0, 0.05) is 135 Å². The first-order valence-corrected chi connectivity index (χ1v) is 49.4. The molecule has 15 rings (SSSR count). The first-order chi connectivity index (χ1) is 70.8. The number of aliphatic hydroxyl groups excluding tert-OH is 4. The fraction of sp³-hybridized carbons (Fsp3) is 0.468. The zero-order valence-electron chi connectivity index (χ0n) is 88.0. The summed E-state index contributed by atoms with van der Waals surface area (Å²) < 4.78 is 21.8. The average molecular weight is 2060 g/mol. The summed E-state index contributed by atoms with van der Waals surface area (Å²) in [6, 6.07) is 63.4. The third-order valence-electron chi connectivity index (χ3n) is 26.5. The minimum Gasteiger partial charge on any atom is -0.400 e. The second kappa shape index (κ2) is 54.0. The Balaban J connectivity index is 0.000000217. The molecule has 40 nitrogen and oxygen atoms in total. The lowest BCUT2D eigenvalue weighted by Gasteiger charge is -2.40. The molecule has 0 radical (unpaired) electrons. The number of hydrogen-bond donors (Lipinski definition) is 12. The van der Waals surface area contributed by atoms with Crippen LogP contribution in [0, 0.1) is 21.7 Å². The van der Waals surface area contributed by atoms with Gasteiger partial charge in [0.15, 0.2) is 0 Å². The molecule has 8 heterocycles. The van der Waals surface area contributed by atoms with Crippen molar-refractivity contribution in [2.24, 2.45) is 65.0 Å². The zero-order valence-corrected chi connectivity index (χ0v) is 88.0. The SMILES string of the molecule is CN1N=C2CCN(C(=O)C(CO)NC(=O)C(C)(C)N)CC2(Cc2ccccc2)C1=O.CN1N=C2CCN(C(=O)C(COCc3ccccc3)NC(=O)C(C)(C)N)CC2(Cc2ccccc2)C1=O.CN1N=C2CCN(C(=O)C(COCc3ccccc3)NC(=O)C(C)(C)N)CC2(Cc2ccccc2)C1=O.CN1N=C2CCN(C(=O)C(COCc3ccccc3)NC(=O)C(C)(N)CO)CC2(Cc2ccccc2)C1=O.CO.CO.COC. The van der Waals surface area contributed by atoms with Gasteiger partial charge in [0.2, 0.25) is 47.3 Å². The topological polar surface area (TPSA) is 550 Å². The van der Waals surface area contributed by atoms with E-state index >= 15 is 0 Å². The first kappa shape index (κ1) is 119. The molecule has 9 unspecified atom stereocenters. The van der Waals surface area contributed by atoms with Crippen molar-refractivity contribution in [3.05, 3.63) is 251 Å². The van der Waals surface area contributed by atoms with Crippen molar-refractivity contribution in [2.75, 3.05) is 142 Å². The van der Waals surface area contributed by atoms with Gasteiger partial charge in [-0.05, 0) is 113 Å². The van der Waals surface area contributed by atoms with Crippen LogP contribution in [0.1, 0.15) is 113 Å². The van der Waals surface area contributed by atoms with E-state index in [9.17, 15) is 67.7 Å². The van der Waals surface area contributed by atoms with Crippen LogP contribution in [0.25, 0.3) is 0 Å². The lowest BCUT2D eigenvalue weighted by Crippen LogP contribution is -2.63. The van der Waals surface area contributed by atoms with Crippen molar-refractivity contribution < 1.29 is 96.9 Å². The molecule has 0 spiro atoms. The largest absolute Gasteiger partial charge is 0.400 e. The van der Waals surface area contributed by atoms with Crippen LogP contribution in [-0.2, 0) is 122 Å². The smallest absolute Gasteiger partial charge is 0.256 e. The van der Waals surface area contributed by atoms with Crippen LogP contribution in [-0.4, -0.2) is 342 Å². The fourth-order valence-electron chi connectivity index (χ4n) is 18.5. The number of nitrogens with zero attached hydrogens (tertiary/aromatic N) is 12. The van der Waals surface area contributed by atoms with E-state index in [0.717, 1.165) is 76.0 Å². The maximum atomic E-state index is 13.8. The summed E-state index contributed by atoms with van der Waals surface area (Å²) in [7, 11) is 11.8. The van der Waals surface area contributed by atoms with E-state index in [1.807, 2.05) is 212 Å². The van der Waals surface area contributed by atoms with Crippen molar-refractivity contribution in [1.29, 1.82) is 0 Å². The normalized spacial score (nSPS) is 20.3. The molecule has 0 bridgehead atoms. The number of aliphatic hydroxyl groups is 4. The van der Waals surface area contributed by atoms with Crippen LogP contribution in [0.5, 0.6) is 0 Å². The maximum absolute atomic E-state index is 13.8. The summed E-state index contributed by atoms with van der Waals surface area (Å²) in [5.41, 5.74) is 24.7. The second-order valence-corrected chi connectivity index (χ2v) is 40.0. The zero-order chi connectivity index (χ0) is 109. The molecule has 4 saturated heterocycles. The first-order valence-electron chi connectivity index (χ1n) is 49.4. The Hall–Kier alpha value is -13.6. The van der Waals surface area contributed by atoms with Crippen LogP contribution in [0.2, 0.25) is 0 Å². The summed E-state index contributed by atoms with van der Waals surface area (Å²) in [6.07, 6.45) is 3.55. The van der Waals surface area contributed by atoms with Crippen LogP contribution < -0.4 is 44.2 Å². The second-order valence-electron chi connectivity index (χ2n) is 40.0. The van der Waals surface area contributed by atoms with Gasteiger partial charge < -0.3 is 103 Å². The quantitative estimate of drug-likeness (QED) is 0.0276. The fourth-order valence-corrected chi connectivity index (χ4v) is 18.5. The number of rotatable bonds is 34.